The molecule has 0 spiro atoms. The van der Waals surface area contributed by atoms with Crippen LogP contribution in [0.5, 0.6) is 0 Å². The van der Waals surface area contributed by atoms with Crippen LogP contribution in [-0.2, 0) is 0 Å². The number of hydrogen-bond donors (Lipinski definition) is 3. The van der Waals surface area contributed by atoms with E-state index in [4.69, 9.17) is 10.8 Å². The second-order valence-electron chi connectivity index (χ2n) is 4.78. The van der Waals surface area contributed by atoms with Gasteiger partial charge in [-0.05, 0) is 31.0 Å². The van der Waals surface area contributed by atoms with Crippen LogP contribution in [0.1, 0.15) is 23.2 Å². The fourth-order valence-electron chi connectivity index (χ4n) is 2.30. The molecule has 1 saturated heterocycles. The van der Waals surface area contributed by atoms with Crippen LogP contribution in [0.15, 0.2) is 18.2 Å². The van der Waals surface area contributed by atoms with Gasteiger partial charge in [-0.3, -0.25) is 4.79 Å². The van der Waals surface area contributed by atoms with Gasteiger partial charge in [0.05, 0.1) is 5.69 Å². The van der Waals surface area contributed by atoms with E-state index in [0.29, 0.717) is 19.4 Å². The van der Waals surface area contributed by atoms with Crippen molar-refractivity contribution in [1.82, 2.24) is 10.2 Å². The molecule has 1 atom stereocenters. The van der Waals surface area contributed by atoms with Crippen molar-refractivity contribution < 1.29 is 19.1 Å². The van der Waals surface area contributed by atoms with Gasteiger partial charge < -0.3 is 21.1 Å². The van der Waals surface area contributed by atoms with Gasteiger partial charge in [0.25, 0.3) is 5.91 Å². The van der Waals surface area contributed by atoms with E-state index < -0.39 is 11.9 Å². The van der Waals surface area contributed by atoms with Gasteiger partial charge in [0.1, 0.15) is 5.82 Å². The highest BCUT2D eigenvalue weighted by atomic mass is 19.1. The Morgan fingerprint density at radius 3 is 2.85 bits per heavy atom. The van der Waals surface area contributed by atoms with Crippen LogP contribution < -0.4 is 11.1 Å². The van der Waals surface area contributed by atoms with Crippen molar-refractivity contribution in [1.29, 1.82) is 0 Å². The number of carbonyl (C=O) groups is 2. The molecule has 1 aliphatic heterocycles. The number of piperidine rings is 1. The maximum absolute atomic E-state index is 13.4. The lowest BCUT2D eigenvalue weighted by atomic mass is 10.0. The molecule has 4 N–H and O–H groups in total. The number of anilines is 1. The Balaban J connectivity index is 2.08. The summed E-state index contributed by atoms with van der Waals surface area (Å²) in [4.78, 5) is 24.4. The molecular formula is C13H16FN3O3. The molecular weight excluding hydrogens is 265 g/mol. The van der Waals surface area contributed by atoms with Crippen LogP contribution >= 0.6 is 0 Å². The van der Waals surface area contributed by atoms with Crippen molar-refractivity contribution in [2.24, 2.45) is 0 Å². The third kappa shape index (κ3) is 3.17. The molecule has 0 aromatic heterocycles. The normalized spacial score (nSPS) is 18.6. The van der Waals surface area contributed by atoms with Crippen LogP contribution in [0, 0.1) is 5.82 Å². The number of nitrogens with zero attached hydrogens (tertiary/aromatic N) is 1. The molecule has 2 amide bonds. The summed E-state index contributed by atoms with van der Waals surface area (Å²) >= 11 is 0. The third-order valence-electron chi connectivity index (χ3n) is 3.28. The molecule has 1 heterocycles. The molecule has 108 valence electrons. The summed E-state index contributed by atoms with van der Waals surface area (Å²) in [7, 11) is 0. The zero-order chi connectivity index (χ0) is 14.7. The van der Waals surface area contributed by atoms with Gasteiger partial charge in [0.2, 0.25) is 0 Å². The Kier molecular flexibility index (Phi) is 4.07. The van der Waals surface area contributed by atoms with Crippen LogP contribution in [0.2, 0.25) is 0 Å². The number of likely N-dealkylation sites (tertiary alicyclic amines) is 1. The maximum Gasteiger partial charge on any atom is 0.404 e. The Morgan fingerprint density at radius 1 is 1.45 bits per heavy atom. The van der Waals surface area contributed by atoms with Gasteiger partial charge in [0.15, 0.2) is 0 Å². The SMILES string of the molecule is Nc1ccc(C(=O)N2CCCC(NC(=O)O)C2)cc1F. The number of hydrogen-bond acceptors (Lipinski definition) is 3. The Labute approximate surface area is 115 Å². The van der Waals surface area contributed by atoms with Crippen LogP contribution in [-0.4, -0.2) is 41.1 Å². The number of carboxylic acid groups (broad SMARTS) is 1. The largest absolute Gasteiger partial charge is 0.465 e. The van der Waals surface area contributed by atoms with Crippen LogP contribution in [0.25, 0.3) is 0 Å². The molecule has 0 saturated carbocycles. The molecule has 1 aliphatic rings. The van der Waals surface area contributed by atoms with Gasteiger partial charge in [-0.2, -0.15) is 0 Å². The summed E-state index contributed by atoms with van der Waals surface area (Å²) in [6.07, 6.45) is 0.281. The Hall–Kier alpha value is -2.31. The molecule has 1 fully saturated rings. The fraction of sp³-hybridized carbons (Fsp3) is 0.385. The van der Waals surface area contributed by atoms with Crippen molar-refractivity contribution >= 4 is 17.7 Å². The lowest BCUT2D eigenvalue weighted by Crippen LogP contribution is -2.49. The number of benzene rings is 1. The van der Waals surface area contributed by atoms with Crippen molar-refractivity contribution in [2.45, 2.75) is 18.9 Å². The zero-order valence-corrected chi connectivity index (χ0v) is 10.8. The Morgan fingerprint density at radius 2 is 2.20 bits per heavy atom. The van der Waals surface area contributed by atoms with Crippen LogP contribution in [0.4, 0.5) is 14.9 Å². The number of amides is 2. The van der Waals surface area contributed by atoms with Crippen molar-refractivity contribution in [3.8, 4) is 0 Å². The number of nitrogen functional groups attached to an aromatic ring is 1. The number of nitrogens with two attached hydrogens (primary N) is 1. The topological polar surface area (TPSA) is 95.7 Å². The van der Waals surface area contributed by atoms with E-state index in [1.54, 1.807) is 0 Å². The minimum atomic E-state index is -1.11. The second-order valence-corrected chi connectivity index (χ2v) is 4.78. The summed E-state index contributed by atoms with van der Waals surface area (Å²) in [5, 5.41) is 11.1. The molecule has 0 aliphatic carbocycles. The lowest BCUT2D eigenvalue weighted by molar-refractivity contribution is 0.0692. The minimum absolute atomic E-state index is 0.00869. The van der Waals surface area contributed by atoms with Crippen molar-refractivity contribution in [3.05, 3.63) is 29.6 Å². The Bertz CT molecular complexity index is 536. The first kappa shape index (κ1) is 14.1. The molecule has 20 heavy (non-hydrogen) atoms. The van der Waals surface area contributed by atoms with E-state index in [9.17, 15) is 14.0 Å². The highest BCUT2D eigenvalue weighted by molar-refractivity contribution is 5.94. The molecule has 0 radical (unpaired) electrons. The van der Waals surface area contributed by atoms with E-state index in [1.807, 2.05) is 0 Å². The van der Waals surface area contributed by atoms with Gasteiger partial charge in [0, 0.05) is 24.7 Å². The average Bonchev–Trinajstić information content (AvgIpc) is 2.40. The monoisotopic (exact) mass is 281 g/mol. The first-order chi connectivity index (χ1) is 9.47. The first-order valence-electron chi connectivity index (χ1n) is 6.31. The van der Waals surface area contributed by atoms with E-state index in [1.165, 1.54) is 17.0 Å². The number of nitrogens with one attached hydrogen (secondary N) is 1. The van der Waals surface area contributed by atoms with Gasteiger partial charge in [-0.15, -0.1) is 0 Å². The van der Waals surface area contributed by atoms with Gasteiger partial charge >= 0.3 is 6.09 Å². The standard InChI is InChI=1S/C13H16FN3O3/c14-10-6-8(3-4-11(10)15)12(18)17-5-1-2-9(7-17)16-13(19)20/h3-4,6,9,16H,1-2,5,7,15H2,(H,19,20). The van der Waals surface area contributed by atoms with E-state index in [-0.39, 0.29) is 29.7 Å². The second kappa shape index (κ2) is 5.77. The number of carbonyl (C=O) groups excluding carboxylic acids is 1. The van der Waals surface area contributed by atoms with E-state index in [2.05, 4.69) is 5.32 Å². The highest BCUT2D eigenvalue weighted by Crippen LogP contribution is 2.17. The van der Waals surface area contributed by atoms with Gasteiger partial charge in [-0.25, -0.2) is 9.18 Å². The lowest BCUT2D eigenvalue weighted by Gasteiger charge is -2.32. The number of halogens is 1. The number of rotatable bonds is 2. The van der Waals surface area contributed by atoms with Crippen LogP contribution in [0.3, 0.4) is 0 Å². The predicted molar refractivity (Wildman–Crippen MR) is 70.9 cm³/mol. The molecule has 7 heteroatoms. The smallest absolute Gasteiger partial charge is 0.404 e. The average molecular weight is 281 g/mol. The third-order valence-corrected chi connectivity index (χ3v) is 3.28. The van der Waals surface area contributed by atoms with E-state index >= 15 is 0 Å². The zero-order valence-electron chi connectivity index (χ0n) is 10.8. The molecule has 1 unspecified atom stereocenters. The molecule has 1 aromatic carbocycles. The molecule has 6 nitrogen and oxygen atoms in total. The molecule has 1 aromatic rings. The quantitative estimate of drug-likeness (QED) is 0.711. The summed E-state index contributed by atoms with van der Waals surface area (Å²) in [6, 6.07) is 3.63. The minimum Gasteiger partial charge on any atom is -0.465 e. The van der Waals surface area contributed by atoms with E-state index in [0.717, 1.165) is 6.07 Å². The predicted octanol–water partition coefficient (Wildman–Crippen LogP) is 1.28. The van der Waals surface area contributed by atoms with Gasteiger partial charge in [-0.1, -0.05) is 0 Å². The van der Waals surface area contributed by atoms with Crippen molar-refractivity contribution in [2.75, 3.05) is 18.8 Å². The first-order valence-corrected chi connectivity index (χ1v) is 6.31. The highest BCUT2D eigenvalue weighted by Gasteiger charge is 2.25. The summed E-state index contributed by atoms with van der Waals surface area (Å²) in [5.41, 5.74) is 5.58. The summed E-state index contributed by atoms with van der Waals surface area (Å²) in [5.74, 6) is -0.950. The fourth-order valence-corrected chi connectivity index (χ4v) is 2.30. The van der Waals surface area contributed by atoms with Crippen molar-refractivity contribution in [3.63, 3.8) is 0 Å². The maximum atomic E-state index is 13.4. The molecule has 2 rings (SSSR count). The molecule has 0 bridgehead atoms. The summed E-state index contributed by atoms with van der Waals surface area (Å²) in [6.45, 7) is 0.819. The summed E-state index contributed by atoms with van der Waals surface area (Å²) < 4.78 is 13.4.